The van der Waals surface area contributed by atoms with Gasteiger partial charge in [0.15, 0.2) is 0 Å². The zero-order valence-corrected chi connectivity index (χ0v) is 7.76. The van der Waals surface area contributed by atoms with Crippen molar-refractivity contribution in [1.29, 1.82) is 0 Å². The molecule has 1 aliphatic heterocycles. The van der Waals surface area contributed by atoms with Crippen molar-refractivity contribution in [2.75, 3.05) is 0 Å². The Morgan fingerprint density at radius 2 is 2.00 bits per heavy atom. The molecular formula is C9H6NO2Si. The third-order valence-corrected chi connectivity index (χ3v) is 2.42. The first kappa shape index (κ1) is 8.19. The normalized spacial score (nSPS) is 14.2. The Kier molecular flexibility index (Phi) is 1.77. The van der Waals surface area contributed by atoms with Crippen LogP contribution < -0.4 is 5.32 Å². The molecule has 0 saturated heterocycles. The van der Waals surface area contributed by atoms with Crippen molar-refractivity contribution < 1.29 is 9.59 Å². The largest absolute Gasteiger partial charge is 0.288 e. The van der Waals surface area contributed by atoms with E-state index >= 15 is 0 Å². The Labute approximate surface area is 78.6 Å². The van der Waals surface area contributed by atoms with E-state index in [2.05, 4.69) is 15.6 Å². The van der Waals surface area contributed by atoms with Gasteiger partial charge in [0.05, 0.1) is 11.1 Å². The highest BCUT2D eigenvalue weighted by Crippen LogP contribution is 2.19. The van der Waals surface area contributed by atoms with E-state index in [4.69, 9.17) is 0 Å². The molecular weight excluding hydrogens is 182 g/mol. The second-order valence-electron chi connectivity index (χ2n) is 2.80. The highest BCUT2D eigenvalue weighted by molar-refractivity contribution is 6.23. The first-order valence-corrected chi connectivity index (χ1v) is 4.57. The van der Waals surface area contributed by atoms with Crippen LogP contribution in [-0.4, -0.2) is 22.1 Å². The number of carbonyl (C=O) groups is 2. The minimum atomic E-state index is -0.304. The summed E-state index contributed by atoms with van der Waals surface area (Å²) in [6, 6.07) is 5.82. The maximum absolute atomic E-state index is 11.3. The standard InChI is InChI=1S/C9H6NO2Si/c11-8-6-3-1-2-5(4-13)7(6)9(12)10-8/h1-3H,4H2,(H,10,11,12). The molecule has 1 aliphatic rings. The molecule has 1 aromatic rings. The number of amides is 2. The lowest BCUT2D eigenvalue weighted by Gasteiger charge is -2.00. The van der Waals surface area contributed by atoms with Crippen LogP contribution in [0.2, 0.25) is 0 Å². The van der Waals surface area contributed by atoms with E-state index in [1.165, 1.54) is 0 Å². The summed E-state index contributed by atoms with van der Waals surface area (Å²) in [5.74, 6) is -0.601. The lowest BCUT2D eigenvalue weighted by Crippen LogP contribution is -2.20. The Balaban J connectivity index is 2.69. The van der Waals surface area contributed by atoms with Gasteiger partial charge in [0.1, 0.15) is 0 Å². The molecule has 4 heteroatoms. The van der Waals surface area contributed by atoms with Gasteiger partial charge in [-0.3, -0.25) is 14.9 Å². The number of benzene rings is 1. The molecule has 1 N–H and O–H groups in total. The fraction of sp³-hybridized carbons (Fsp3) is 0.111. The van der Waals surface area contributed by atoms with Gasteiger partial charge in [0, 0.05) is 10.2 Å². The van der Waals surface area contributed by atoms with Crippen LogP contribution in [0.4, 0.5) is 0 Å². The van der Waals surface area contributed by atoms with Gasteiger partial charge in [-0.1, -0.05) is 12.1 Å². The third kappa shape index (κ3) is 1.10. The van der Waals surface area contributed by atoms with Crippen LogP contribution in [0.5, 0.6) is 0 Å². The molecule has 13 heavy (non-hydrogen) atoms. The Morgan fingerprint density at radius 1 is 1.23 bits per heavy atom. The van der Waals surface area contributed by atoms with Crippen molar-refractivity contribution in [3.63, 3.8) is 0 Å². The minimum Gasteiger partial charge on any atom is -0.288 e. The average Bonchev–Trinajstić information content (AvgIpc) is 2.43. The molecule has 0 saturated carbocycles. The molecule has 3 radical (unpaired) electrons. The number of fused-ring (bicyclic) bond motifs is 1. The highest BCUT2D eigenvalue weighted by Gasteiger charge is 2.28. The summed E-state index contributed by atoms with van der Waals surface area (Å²) < 4.78 is 0. The highest BCUT2D eigenvalue weighted by atomic mass is 28.1. The Hall–Kier alpha value is -1.42. The van der Waals surface area contributed by atoms with Crippen LogP contribution >= 0.6 is 0 Å². The fourth-order valence-corrected chi connectivity index (χ4v) is 1.73. The zero-order valence-electron chi connectivity index (χ0n) is 6.76. The predicted octanol–water partition coefficient (Wildman–Crippen LogP) is 0.239. The Bertz CT molecular complexity index is 401. The molecule has 1 aromatic carbocycles. The molecule has 0 fully saturated rings. The summed E-state index contributed by atoms with van der Waals surface area (Å²) in [6.07, 6.45) is 0. The van der Waals surface area contributed by atoms with Gasteiger partial charge in [-0.2, -0.15) is 0 Å². The van der Waals surface area contributed by atoms with Gasteiger partial charge in [0.2, 0.25) is 0 Å². The number of carbonyl (C=O) groups excluding carboxylic acids is 2. The lowest BCUT2D eigenvalue weighted by atomic mass is 10.0. The van der Waals surface area contributed by atoms with Crippen LogP contribution in [0.15, 0.2) is 18.2 Å². The third-order valence-electron chi connectivity index (χ3n) is 2.04. The number of hydrogen-bond acceptors (Lipinski definition) is 2. The van der Waals surface area contributed by atoms with E-state index in [1.807, 2.05) is 6.07 Å². The molecule has 0 bridgehead atoms. The second-order valence-corrected chi connectivity index (χ2v) is 3.15. The summed E-state index contributed by atoms with van der Waals surface area (Å²) in [6.45, 7) is 0. The lowest BCUT2D eigenvalue weighted by molar-refractivity contribution is 0.0879. The summed E-state index contributed by atoms with van der Waals surface area (Å²) in [7, 11) is 3.32. The van der Waals surface area contributed by atoms with Gasteiger partial charge < -0.3 is 0 Å². The number of nitrogens with one attached hydrogen (secondary N) is 1. The zero-order chi connectivity index (χ0) is 9.42. The van der Waals surface area contributed by atoms with Crippen LogP contribution in [-0.2, 0) is 6.04 Å². The van der Waals surface area contributed by atoms with Gasteiger partial charge in [-0.25, -0.2) is 0 Å². The Morgan fingerprint density at radius 3 is 2.69 bits per heavy atom. The summed E-state index contributed by atoms with van der Waals surface area (Å²) >= 11 is 0. The number of hydrogen-bond donors (Lipinski definition) is 1. The topological polar surface area (TPSA) is 46.2 Å². The fourth-order valence-electron chi connectivity index (χ4n) is 1.44. The van der Waals surface area contributed by atoms with E-state index in [1.54, 1.807) is 12.1 Å². The van der Waals surface area contributed by atoms with Gasteiger partial charge in [-0.05, 0) is 17.7 Å². The van der Waals surface area contributed by atoms with Crippen molar-refractivity contribution in [1.82, 2.24) is 5.32 Å². The van der Waals surface area contributed by atoms with Crippen LogP contribution in [0, 0.1) is 0 Å². The summed E-state index contributed by atoms with van der Waals surface area (Å²) in [5, 5.41) is 2.26. The van der Waals surface area contributed by atoms with Crippen molar-refractivity contribution in [2.45, 2.75) is 6.04 Å². The van der Waals surface area contributed by atoms with Crippen LogP contribution in [0.1, 0.15) is 26.3 Å². The van der Waals surface area contributed by atoms with E-state index in [-0.39, 0.29) is 11.8 Å². The minimum absolute atomic E-state index is 0.297. The van der Waals surface area contributed by atoms with E-state index < -0.39 is 0 Å². The van der Waals surface area contributed by atoms with Gasteiger partial charge in [-0.15, -0.1) is 0 Å². The van der Waals surface area contributed by atoms with Gasteiger partial charge >= 0.3 is 0 Å². The van der Waals surface area contributed by atoms with Crippen molar-refractivity contribution in [3.8, 4) is 0 Å². The average molecular weight is 188 g/mol. The molecule has 0 aliphatic carbocycles. The van der Waals surface area contributed by atoms with E-state index in [0.717, 1.165) is 5.56 Å². The van der Waals surface area contributed by atoms with Crippen molar-refractivity contribution in [2.24, 2.45) is 0 Å². The predicted molar refractivity (Wildman–Crippen MR) is 47.7 cm³/mol. The first-order chi connectivity index (χ1) is 6.24. The quantitative estimate of drug-likeness (QED) is 0.507. The molecule has 0 aromatic heterocycles. The van der Waals surface area contributed by atoms with Gasteiger partial charge in [0.25, 0.3) is 11.8 Å². The molecule has 2 rings (SSSR count). The van der Waals surface area contributed by atoms with Crippen LogP contribution in [0.25, 0.3) is 0 Å². The molecule has 3 nitrogen and oxygen atoms in total. The van der Waals surface area contributed by atoms with Crippen molar-refractivity contribution >= 4 is 22.1 Å². The van der Waals surface area contributed by atoms with E-state index in [0.29, 0.717) is 17.2 Å². The maximum atomic E-state index is 11.3. The molecule has 2 amide bonds. The number of imide groups is 1. The molecule has 1 heterocycles. The first-order valence-electron chi connectivity index (χ1n) is 3.86. The smallest absolute Gasteiger partial charge is 0.259 e. The van der Waals surface area contributed by atoms with Crippen LogP contribution in [0.3, 0.4) is 0 Å². The number of rotatable bonds is 1. The monoisotopic (exact) mass is 188 g/mol. The van der Waals surface area contributed by atoms with Crippen molar-refractivity contribution in [3.05, 3.63) is 34.9 Å². The SMILES string of the molecule is O=C1NC(=O)c2c(C[Si])cccc21. The molecule has 0 atom stereocenters. The molecule has 0 spiro atoms. The maximum Gasteiger partial charge on any atom is 0.259 e. The molecule has 63 valence electrons. The van der Waals surface area contributed by atoms with E-state index in [9.17, 15) is 9.59 Å². The summed E-state index contributed by atoms with van der Waals surface area (Å²) in [4.78, 5) is 22.5. The second kappa shape index (κ2) is 2.81. The summed E-state index contributed by atoms with van der Waals surface area (Å²) in [5.41, 5.74) is 1.82. The molecule has 0 unspecified atom stereocenters.